The molecule has 0 saturated heterocycles. The van der Waals surface area contributed by atoms with Gasteiger partial charge in [0.25, 0.3) is 0 Å². The molecule has 1 heterocycles. The molecule has 2 aromatic rings. The van der Waals surface area contributed by atoms with Crippen LogP contribution in [0.3, 0.4) is 0 Å². The second kappa shape index (κ2) is 4.66. The van der Waals surface area contributed by atoms with E-state index in [1.807, 2.05) is 12.3 Å². The second-order valence-corrected chi connectivity index (χ2v) is 3.82. The minimum atomic E-state index is -0.212. The van der Waals surface area contributed by atoms with Crippen molar-refractivity contribution in [3.63, 3.8) is 0 Å². The van der Waals surface area contributed by atoms with E-state index < -0.39 is 0 Å². The Bertz CT molecular complexity index is 410. The molecular weight excluding hydrogens is 265 g/mol. The van der Waals surface area contributed by atoms with Crippen LogP contribution in [0, 0.1) is 12.7 Å². The van der Waals surface area contributed by atoms with Crippen molar-refractivity contribution in [2.75, 3.05) is 0 Å². The number of hydrogen-bond acceptors (Lipinski definition) is 2. The Morgan fingerprint density at radius 1 is 1.21 bits per heavy atom. The summed E-state index contributed by atoms with van der Waals surface area (Å²) in [7, 11) is 0. The molecule has 0 saturated carbocycles. The lowest BCUT2D eigenvalue weighted by molar-refractivity contribution is -0.00000328. The predicted octanol–water partition coefficient (Wildman–Crippen LogP) is 0.262. The number of aryl methyl sites for hydroxylation is 1. The number of nitrogens with zero attached hydrogens (tertiary/aromatic N) is 1. The fraction of sp³-hybridized carbons (Fsp3) is 0.100. The molecule has 0 aliphatic carbocycles. The van der Waals surface area contributed by atoms with Crippen molar-refractivity contribution < 1.29 is 21.4 Å². The SMILES string of the molecule is Cc1nc(-c2ccc(F)cc2)cs1.[Br-]. The van der Waals surface area contributed by atoms with Crippen LogP contribution in [0.5, 0.6) is 0 Å². The summed E-state index contributed by atoms with van der Waals surface area (Å²) in [5.41, 5.74) is 1.88. The first-order valence-corrected chi connectivity index (χ1v) is 4.82. The van der Waals surface area contributed by atoms with Gasteiger partial charge in [0.15, 0.2) is 0 Å². The first-order valence-electron chi connectivity index (χ1n) is 3.94. The van der Waals surface area contributed by atoms with Crippen LogP contribution in [-0.2, 0) is 0 Å². The standard InChI is InChI=1S/C10H8FNS.BrH/c1-7-12-10(6-13-7)8-2-4-9(11)5-3-8;/h2-6H,1H3;1H/p-1. The summed E-state index contributed by atoms with van der Waals surface area (Å²) in [5, 5.41) is 3.00. The van der Waals surface area contributed by atoms with Crippen LogP contribution in [0.2, 0.25) is 0 Å². The van der Waals surface area contributed by atoms with Crippen LogP contribution in [0.25, 0.3) is 11.3 Å². The smallest absolute Gasteiger partial charge is 0.123 e. The maximum absolute atomic E-state index is 12.6. The van der Waals surface area contributed by atoms with Gasteiger partial charge in [-0.1, -0.05) is 0 Å². The molecular formula is C10H8BrFNS-. The van der Waals surface area contributed by atoms with Gasteiger partial charge in [-0.2, -0.15) is 0 Å². The van der Waals surface area contributed by atoms with E-state index in [2.05, 4.69) is 4.98 Å². The van der Waals surface area contributed by atoms with Crippen molar-refractivity contribution in [1.82, 2.24) is 4.98 Å². The van der Waals surface area contributed by atoms with Gasteiger partial charge in [-0.25, -0.2) is 9.37 Å². The summed E-state index contributed by atoms with van der Waals surface area (Å²) in [5.74, 6) is -0.212. The van der Waals surface area contributed by atoms with E-state index in [9.17, 15) is 4.39 Å². The Morgan fingerprint density at radius 3 is 2.36 bits per heavy atom. The van der Waals surface area contributed by atoms with Crippen molar-refractivity contribution >= 4 is 11.3 Å². The lowest BCUT2D eigenvalue weighted by atomic mass is 10.2. The van der Waals surface area contributed by atoms with Gasteiger partial charge in [-0.05, 0) is 31.2 Å². The monoisotopic (exact) mass is 272 g/mol. The molecule has 0 atom stereocenters. The Hall–Kier alpha value is -0.740. The van der Waals surface area contributed by atoms with Crippen molar-refractivity contribution in [3.8, 4) is 11.3 Å². The van der Waals surface area contributed by atoms with E-state index in [1.165, 1.54) is 12.1 Å². The molecule has 2 rings (SSSR count). The topological polar surface area (TPSA) is 12.9 Å². The lowest BCUT2D eigenvalue weighted by Gasteiger charge is -1.94. The summed E-state index contributed by atoms with van der Waals surface area (Å²) in [6.07, 6.45) is 0. The zero-order chi connectivity index (χ0) is 9.26. The zero-order valence-corrected chi connectivity index (χ0v) is 9.90. The maximum atomic E-state index is 12.6. The van der Waals surface area contributed by atoms with Crippen LogP contribution < -0.4 is 17.0 Å². The summed E-state index contributed by atoms with van der Waals surface area (Å²) in [4.78, 5) is 4.31. The Labute approximate surface area is 96.4 Å². The number of halogens is 2. The molecule has 0 amide bonds. The average Bonchev–Trinajstić information content (AvgIpc) is 2.53. The summed E-state index contributed by atoms with van der Waals surface area (Å²) < 4.78 is 12.6. The minimum Gasteiger partial charge on any atom is -1.00 e. The van der Waals surface area contributed by atoms with Gasteiger partial charge >= 0.3 is 0 Å². The first kappa shape index (κ1) is 11.3. The van der Waals surface area contributed by atoms with E-state index in [1.54, 1.807) is 23.5 Å². The lowest BCUT2D eigenvalue weighted by Crippen LogP contribution is -3.00. The van der Waals surface area contributed by atoms with E-state index in [4.69, 9.17) is 0 Å². The number of hydrogen-bond donors (Lipinski definition) is 0. The van der Waals surface area contributed by atoms with Crippen LogP contribution in [0.15, 0.2) is 29.6 Å². The number of benzene rings is 1. The molecule has 0 aliphatic rings. The predicted molar refractivity (Wildman–Crippen MR) is 52.2 cm³/mol. The fourth-order valence-corrected chi connectivity index (χ4v) is 1.74. The number of thiazole rings is 1. The molecule has 0 N–H and O–H groups in total. The van der Waals surface area contributed by atoms with Gasteiger partial charge in [-0.3, -0.25) is 0 Å². The van der Waals surface area contributed by atoms with Crippen molar-refractivity contribution in [1.29, 1.82) is 0 Å². The highest BCUT2D eigenvalue weighted by atomic mass is 79.9. The molecule has 14 heavy (non-hydrogen) atoms. The molecule has 0 aliphatic heterocycles. The van der Waals surface area contributed by atoms with Gasteiger partial charge in [0.05, 0.1) is 10.7 Å². The van der Waals surface area contributed by atoms with Gasteiger partial charge in [-0.15, -0.1) is 11.3 Å². The van der Waals surface area contributed by atoms with Gasteiger partial charge < -0.3 is 17.0 Å². The summed E-state index contributed by atoms with van der Waals surface area (Å²) in [6, 6.07) is 6.38. The highest BCUT2D eigenvalue weighted by Gasteiger charge is 2.00. The molecule has 0 spiro atoms. The van der Waals surface area contributed by atoms with Gasteiger partial charge in [0.2, 0.25) is 0 Å². The van der Waals surface area contributed by atoms with Gasteiger partial charge in [0, 0.05) is 10.9 Å². The average molecular weight is 273 g/mol. The maximum Gasteiger partial charge on any atom is 0.123 e. The molecule has 1 aromatic heterocycles. The third-order valence-electron chi connectivity index (χ3n) is 1.76. The first-order chi connectivity index (χ1) is 6.25. The third kappa shape index (κ3) is 2.39. The highest BCUT2D eigenvalue weighted by molar-refractivity contribution is 7.09. The van der Waals surface area contributed by atoms with Crippen LogP contribution in [-0.4, -0.2) is 4.98 Å². The minimum absolute atomic E-state index is 0. The third-order valence-corrected chi connectivity index (χ3v) is 2.53. The number of aromatic nitrogens is 1. The van der Waals surface area contributed by atoms with Crippen molar-refractivity contribution in [3.05, 3.63) is 40.5 Å². The molecule has 1 aromatic carbocycles. The van der Waals surface area contributed by atoms with Crippen LogP contribution >= 0.6 is 11.3 Å². The van der Waals surface area contributed by atoms with E-state index in [0.29, 0.717) is 0 Å². The molecule has 0 bridgehead atoms. The molecule has 4 heteroatoms. The highest BCUT2D eigenvalue weighted by Crippen LogP contribution is 2.21. The van der Waals surface area contributed by atoms with Crippen molar-refractivity contribution in [2.45, 2.75) is 6.92 Å². The van der Waals surface area contributed by atoms with E-state index >= 15 is 0 Å². The fourth-order valence-electron chi connectivity index (χ4n) is 1.12. The van der Waals surface area contributed by atoms with E-state index in [-0.39, 0.29) is 22.8 Å². The van der Waals surface area contributed by atoms with Gasteiger partial charge in [0.1, 0.15) is 5.82 Å². The molecule has 0 radical (unpaired) electrons. The normalized spacial score (nSPS) is 9.57. The van der Waals surface area contributed by atoms with Crippen LogP contribution in [0.4, 0.5) is 4.39 Å². The largest absolute Gasteiger partial charge is 1.00 e. The Balaban J connectivity index is 0.000000980. The molecule has 0 fully saturated rings. The molecule has 0 unspecified atom stereocenters. The zero-order valence-electron chi connectivity index (χ0n) is 7.50. The number of rotatable bonds is 1. The summed E-state index contributed by atoms with van der Waals surface area (Å²) >= 11 is 1.60. The Kier molecular flexibility index (Phi) is 3.77. The van der Waals surface area contributed by atoms with Crippen LogP contribution in [0.1, 0.15) is 5.01 Å². The quantitative estimate of drug-likeness (QED) is 0.726. The second-order valence-electron chi connectivity index (χ2n) is 2.76. The molecule has 1 nitrogen and oxygen atoms in total. The van der Waals surface area contributed by atoms with E-state index in [0.717, 1.165) is 16.3 Å². The van der Waals surface area contributed by atoms with Crippen molar-refractivity contribution in [2.24, 2.45) is 0 Å². The Morgan fingerprint density at radius 2 is 1.86 bits per heavy atom. The summed E-state index contributed by atoms with van der Waals surface area (Å²) in [6.45, 7) is 1.96. The molecule has 74 valence electrons.